The second kappa shape index (κ2) is 6.90. The molecule has 0 saturated carbocycles. The second-order valence-electron chi connectivity index (χ2n) is 7.87. The summed E-state index contributed by atoms with van der Waals surface area (Å²) in [5.74, 6) is -0.0646. The first-order chi connectivity index (χ1) is 11.9. The van der Waals surface area contributed by atoms with Gasteiger partial charge in [0.15, 0.2) is 0 Å². The number of hydrogen-bond donors (Lipinski definition) is 2. The molecule has 1 saturated heterocycles. The zero-order valence-corrected chi connectivity index (χ0v) is 15.3. The van der Waals surface area contributed by atoms with Crippen molar-refractivity contribution in [3.63, 3.8) is 0 Å². The molecule has 5 heteroatoms. The Bertz CT molecular complexity index is 767. The van der Waals surface area contributed by atoms with Crippen LogP contribution in [-0.4, -0.2) is 40.8 Å². The summed E-state index contributed by atoms with van der Waals surface area (Å²) in [4.78, 5) is 30.6. The van der Waals surface area contributed by atoms with E-state index in [9.17, 15) is 9.59 Å². The third-order valence-corrected chi connectivity index (χ3v) is 4.80. The summed E-state index contributed by atoms with van der Waals surface area (Å²) in [6.07, 6.45) is 4.52. The number of aromatic nitrogens is 1. The molecule has 2 N–H and O–H groups in total. The van der Waals surface area contributed by atoms with Crippen LogP contribution >= 0.6 is 0 Å². The second-order valence-corrected chi connectivity index (χ2v) is 7.87. The fourth-order valence-electron chi connectivity index (χ4n) is 3.25. The Morgan fingerprint density at radius 2 is 1.88 bits per heavy atom. The van der Waals surface area contributed by atoms with Gasteiger partial charge in [-0.15, -0.1) is 0 Å². The molecule has 1 fully saturated rings. The van der Waals surface area contributed by atoms with E-state index in [4.69, 9.17) is 0 Å². The molecule has 0 radical (unpaired) electrons. The highest BCUT2D eigenvalue weighted by Crippen LogP contribution is 2.21. The topological polar surface area (TPSA) is 65.2 Å². The van der Waals surface area contributed by atoms with Crippen LogP contribution < -0.4 is 5.32 Å². The molecule has 0 bridgehead atoms. The van der Waals surface area contributed by atoms with Gasteiger partial charge in [-0.25, -0.2) is 0 Å². The van der Waals surface area contributed by atoms with Crippen LogP contribution in [0.15, 0.2) is 30.5 Å². The van der Waals surface area contributed by atoms with Gasteiger partial charge in [0.05, 0.1) is 0 Å². The average Bonchev–Trinajstić information content (AvgIpc) is 3.23. The number of aromatic amines is 1. The minimum atomic E-state index is -0.524. The van der Waals surface area contributed by atoms with Crippen LogP contribution in [0.3, 0.4) is 0 Å². The number of amides is 2. The van der Waals surface area contributed by atoms with Gasteiger partial charge in [-0.05, 0) is 24.5 Å². The molecule has 0 spiro atoms. The van der Waals surface area contributed by atoms with Crippen LogP contribution in [0, 0.1) is 5.41 Å². The molecule has 2 aromatic rings. The van der Waals surface area contributed by atoms with Crippen molar-refractivity contribution in [3.8, 4) is 0 Å². The van der Waals surface area contributed by atoms with E-state index in [-0.39, 0.29) is 11.8 Å². The molecule has 1 aliphatic heterocycles. The lowest BCUT2D eigenvalue weighted by atomic mass is 9.94. The summed E-state index contributed by atoms with van der Waals surface area (Å²) in [5, 5.41) is 4.10. The van der Waals surface area contributed by atoms with E-state index >= 15 is 0 Å². The van der Waals surface area contributed by atoms with Gasteiger partial charge in [0.1, 0.15) is 6.04 Å². The quantitative estimate of drug-likeness (QED) is 0.898. The number of nitrogens with one attached hydrogen (secondary N) is 2. The van der Waals surface area contributed by atoms with Crippen molar-refractivity contribution < 1.29 is 9.59 Å². The SMILES string of the molecule is CC(C)(C)C(=O)N[C@@H](Cc1c[nH]c2ccccc12)C(=O)N1CCCC1. The molecule has 2 heterocycles. The number of H-pyrrole nitrogens is 1. The Labute approximate surface area is 148 Å². The predicted octanol–water partition coefficient (Wildman–Crippen LogP) is 2.86. The molecule has 5 nitrogen and oxygen atoms in total. The average molecular weight is 341 g/mol. The van der Waals surface area contributed by atoms with Gasteiger partial charge in [-0.3, -0.25) is 9.59 Å². The summed E-state index contributed by atoms with van der Waals surface area (Å²) < 4.78 is 0. The maximum Gasteiger partial charge on any atom is 0.245 e. The van der Waals surface area contributed by atoms with E-state index in [0.29, 0.717) is 6.42 Å². The van der Waals surface area contributed by atoms with E-state index in [2.05, 4.69) is 10.3 Å². The number of hydrogen-bond acceptors (Lipinski definition) is 2. The smallest absolute Gasteiger partial charge is 0.245 e. The Hall–Kier alpha value is -2.30. The highest BCUT2D eigenvalue weighted by atomic mass is 16.2. The summed E-state index contributed by atoms with van der Waals surface area (Å²) in [6, 6.07) is 7.51. The zero-order valence-electron chi connectivity index (χ0n) is 15.3. The number of likely N-dealkylation sites (tertiary alicyclic amines) is 1. The van der Waals surface area contributed by atoms with Crippen molar-refractivity contribution in [2.24, 2.45) is 5.41 Å². The molecule has 2 amide bonds. The summed E-state index contributed by atoms with van der Waals surface area (Å²) in [5.41, 5.74) is 1.58. The third-order valence-electron chi connectivity index (χ3n) is 4.80. The molecule has 1 aromatic carbocycles. The summed E-state index contributed by atoms with van der Waals surface area (Å²) >= 11 is 0. The van der Waals surface area contributed by atoms with Gasteiger partial charge < -0.3 is 15.2 Å². The fourth-order valence-corrected chi connectivity index (χ4v) is 3.25. The number of benzene rings is 1. The number of fused-ring (bicyclic) bond motifs is 1. The third kappa shape index (κ3) is 3.86. The highest BCUT2D eigenvalue weighted by Gasteiger charge is 2.31. The van der Waals surface area contributed by atoms with Crippen LogP contribution in [0.2, 0.25) is 0 Å². The lowest BCUT2D eigenvalue weighted by molar-refractivity contribution is -0.138. The van der Waals surface area contributed by atoms with Crippen molar-refractivity contribution in [2.45, 2.75) is 46.1 Å². The Balaban J connectivity index is 1.84. The molecule has 134 valence electrons. The first kappa shape index (κ1) is 17.5. The van der Waals surface area contributed by atoms with Crippen molar-refractivity contribution in [1.29, 1.82) is 0 Å². The van der Waals surface area contributed by atoms with E-state index < -0.39 is 11.5 Å². The van der Waals surface area contributed by atoms with E-state index in [1.54, 1.807) is 0 Å². The normalized spacial score (nSPS) is 16.2. The highest BCUT2D eigenvalue weighted by molar-refractivity contribution is 5.91. The van der Waals surface area contributed by atoms with Crippen LogP contribution in [0.1, 0.15) is 39.2 Å². The van der Waals surface area contributed by atoms with Crippen LogP contribution in [0.25, 0.3) is 10.9 Å². The Morgan fingerprint density at radius 3 is 2.56 bits per heavy atom. The van der Waals surface area contributed by atoms with Gasteiger partial charge in [-0.2, -0.15) is 0 Å². The van der Waals surface area contributed by atoms with Crippen LogP contribution in [0.5, 0.6) is 0 Å². The number of rotatable bonds is 4. The van der Waals surface area contributed by atoms with E-state index in [1.807, 2.05) is 56.1 Å². The molecular formula is C20H27N3O2. The van der Waals surface area contributed by atoms with Gasteiger partial charge in [0, 0.05) is 42.0 Å². The first-order valence-corrected chi connectivity index (χ1v) is 9.01. The molecule has 25 heavy (non-hydrogen) atoms. The lowest BCUT2D eigenvalue weighted by Crippen LogP contribution is -2.51. The molecular weight excluding hydrogens is 314 g/mol. The molecule has 1 atom stereocenters. The minimum Gasteiger partial charge on any atom is -0.361 e. The number of para-hydroxylation sites is 1. The van der Waals surface area contributed by atoms with Gasteiger partial charge in [-0.1, -0.05) is 39.0 Å². The molecule has 0 unspecified atom stereocenters. The molecule has 3 rings (SSSR count). The Kier molecular flexibility index (Phi) is 4.84. The number of carbonyl (C=O) groups is 2. The van der Waals surface area contributed by atoms with Crippen molar-refractivity contribution in [2.75, 3.05) is 13.1 Å². The zero-order chi connectivity index (χ0) is 18.0. The van der Waals surface area contributed by atoms with Crippen molar-refractivity contribution in [3.05, 3.63) is 36.0 Å². The standard InChI is InChI=1S/C20H27N3O2/c1-20(2,3)19(25)22-17(18(24)23-10-6-7-11-23)12-14-13-21-16-9-5-4-8-15(14)16/h4-5,8-9,13,17,21H,6-7,10-12H2,1-3H3,(H,22,25)/t17-/m0/s1. The molecule has 1 aliphatic rings. The van der Waals surface area contributed by atoms with E-state index in [1.165, 1.54) is 0 Å². The summed E-state index contributed by atoms with van der Waals surface area (Å²) in [7, 11) is 0. The minimum absolute atomic E-state index is 0.0281. The molecule has 1 aromatic heterocycles. The van der Waals surface area contributed by atoms with Crippen molar-refractivity contribution >= 4 is 22.7 Å². The lowest BCUT2D eigenvalue weighted by Gasteiger charge is -2.27. The maximum absolute atomic E-state index is 13.0. The molecule has 0 aliphatic carbocycles. The number of carbonyl (C=O) groups excluding carboxylic acids is 2. The summed E-state index contributed by atoms with van der Waals surface area (Å²) in [6.45, 7) is 7.17. The van der Waals surface area contributed by atoms with Crippen molar-refractivity contribution in [1.82, 2.24) is 15.2 Å². The van der Waals surface area contributed by atoms with Gasteiger partial charge in [0.25, 0.3) is 0 Å². The predicted molar refractivity (Wildman–Crippen MR) is 99.2 cm³/mol. The van der Waals surface area contributed by atoms with Gasteiger partial charge in [0.2, 0.25) is 11.8 Å². The monoisotopic (exact) mass is 341 g/mol. The fraction of sp³-hybridized carbons (Fsp3) is 0.500. The Morgan fingerprint density at radius 1 is 1.20 bits per heavy atom. The van der Waals surface area contributed by atoms with E-state index in [0.717, 1.165) is 42.4 Å². The largest absolute Gasteiger partial charge is 0.361 e. The van der Waals surface area contributed by atoms with Crippen LogP contribution in [0.4, 0.5) is 0 Å². The van der Waals surface area contributed by atoms with Crippen LogP contribution in [-0.2, 0) is 16.0 Å². The first-order valence-electron chi connectivity index (χ1n) is 9.01. The number of nitrogens with zero attached hydrogens (tertiary/aromatic N) is 1. The van der Waals surface area contributed by atoms with Gasteiger partial charge >= 0.3 is 0 Å². The maximum atomic E-state index is 13.0.